The van der Waals surface area contributed by atoms with E-state index in [0.29, 0.717) is 16.2 Å². The van der Waals surface area contributed by atoms with Crippen LogP contribution in [0.15, 0.2) is 59.7 Å². The Morgan fingerprint density at radius 3 is 2.44 bits per heavy atom. The normalized spacial score (nSPS) is 10.7. The predicted molar refractivity (Wildman–Crippen MR) is 72.4 cm³/mol. The van der Waals surface area contributed by atoms with Gasteiger partial charge in [-0.25, -0.2) is 4.98 Å². The average molecular weight is 257 g/mol. The lowest BCUT2D eigenvalue weighted by molar-refractivity contribution is 0.955. The minimum atomic E-state index is -0.117. The molecule has 0 saturated heterocycles. The van der Waals surface area contributed by atoms with Crippen molar-refractivity contribution in [3.63, 3.8) is 0 Å². The van der Waals surface area contributed by atoms with Crippen molar-refractivity contribution in [3.05, 3.63) is 70.2 Å². The molecule has 18 heavy (non-hydrogen) atoms. The van der Waals surface area contributed by atoms with Gasteiger partial charge in [-0.2, -0.15) is 0 Å². The van der Waals surface area contributed by atoms with Gasteiger partial charge in [-0.05, 0) is 18.2 Å². The number of nitrogens with zero attached hydrogens (tertiary/aromatic N) is 2. The summed E-state index contributed by atoms with van der Waals surface area (Å²) in [5, 5.41) is 1.89. The molecule has 3 rings (SSSR count). The lowest BCUT2D eigenvalue weighted by Gasteiger charge is -2.07. The highest BCUT2D eigenvalue weighted by molar-refractivity contribution is 6.35. The Balaban J connectivity index is 2.39. The Labute approximate surface area is 108 Å². The van der Waals surface area contributed by atoms with E-state index in [2.05, 4.69) is 4.98 Å². The maximum atomic E-state index is 12.3. The number of fused-ring (bicyclic) bond motifs is 1. The highest BCUT2D eigenvalue weighted by Gasteiger charge is 2.08. The molecule has 3 aromatic rings. The molecule has 0 aliphatic rings. The van der Waals surface area contributed by atoms with Crippen LogP contribution < -0.4 is 5.56 Å². The van der Waals surface area contributed by atoms with Crippen LogP contribution in [0.3, 0.4) is 0 Å². The Morgan fingerprint density at radius 2 is 1.72 bits per heavy atom. The van der Waals surface area contributed by atoms with Crippen molar-refractivity contribution in [1.29, 1.82) is 0 Å². The lowest BCUT2D eigenvalue weighted by atomic mass is 10.2. The van der Waals surface area contributed by atoms with Crippen LogP contribution >= 0.6 is 11.6 Å². The molecule has 0 saturated carbocycles. The number of hydrogen-bond acceptors (Lipinski definition) is 2. The van der Waals surface area contributed by atoms with Gasteiger partial charge >= 0.3 is 0 Å². The quantitative estimate of drug-likeness (QED) is 0.671. The SMILES string of the molecule is O=c1c2ccccc2c(Cl)cn1-c1ccccn1. The van der Waals surface area contributed by atoms with Crippen LogP contribution in [-0.2, 0) is 0 Å². The van der Waals surface area contributed by atoms with E-state index in [4.69, 9.17) is 11.6 Å². The van der Waals surface area contributed by atoms with Gasteiger partial charge in [0.05, 0.1) is 5.02 Å². The number of halogens is 1. The fourth-order valence-corrected chi connectivity index (χ4v) is 2.18. The fraction of sp³-hybridized carbons (Fsp3) is 0. The maximum absolute atomic E-state index is 12.3. The minimum absolute atomic E-state index is 0.117. The first-order valence-electron chi connectivity index (χ1n) is 5.49. The van der Waals surface area contributed by atoms with Crippen molar-refractivity contribution >= 4 is 22.4 Å². The summed E-state index contributed by atoms with van der Waals surface area (Å²) in [7, 11) is 0. The first-order chi connectivity index (χ1) is 8.77. The molecule has 0 bridgehead atoms. The lowest BCUT2D eigenvalue weighted by Crippen LogP contribution is -2.18. The van der Waals surface area contributed by atoms with Gasteiger partial charge in [0, 0.05) is 23.2 Å². The number of pyridine rings is 2. The summed E-state index contributed by atoms with van der Waals surface area (Å²) in [6, 6.07) is 12.7. The fourth-order valence-electron chi connectivity index (χ4n) is 1.92. The molecule has 0 unspecified atom stereocenters. The summed E-state index contributed by atoms with van der Waals surface area (Å²) in [4.78, 5) is 16.5. The second-order valence-corrected chi connectivity index (χ2v) is 4.29. The number of hydrogen-bond donors (Lipinski definition) is 0. The summed E-state index contributed by atoms with van der Waals surface area (Å²) >= 11 is 6.20. The molecule has 0 aliphatic carbocycles. The molecule has 0 aliphatic heterocycles. The minimum Gasteiger partial charge on any atom is -0.268 e. The van der Waals surface area contributed by atoms with E-state index in [1.165, 1.54) is 4.57 Å². The van der Waals surface area contributed by atoms with E-state index in [1.807, 2.05) is 24.3 Å². The van der Waals surface area contributed by atoms with Crippen LogP contribution in [0.1, 0.15) is 0 Å². The number of benzene rings is 1. The molecule has 0 atom stereocenters. The first-order valence-corrected chi connectivity index (χ1v) is 5.86. The zero-order valence-corrected chi connectivity index (χ0v) is 10.1. The van der Waals surface area contributed by atoms with Gasteiger partial charge in [0.1, 0.15) is 5.82 Å². The molecule has 88 valence electrons. The largest absolute Gasteiger partial charge is 0.268 e. The average Bonchev–Trinajstić information content (AvgIpc) is 2.44. The third kappa shape index (κ3) is 1.69. The van der Waals surface area contributed by atoms with Gasteiger partial charge in [0.25, 0.3) is 5.56 Å². The van der Waals surface area contributed by atoms with E-state index in [9.17, 15) is 4.79 Å². The van der Waals surface area contributed by atoms with Gasteiger partial charge in [0.15, 0.2) is 0 Å². The zero-order valence-electron chi connectivity index (χ0n) is 9.38. The van der Waals surface area contributed by atoms with Crippen molar-refractivity contribution in [2.75, 3.05) is 0 Å². The Morgan fingerprint density at radius 1 is 1.00 bits per heavy atom. The summed E-state index contributed by atoms with van der Waals surface area (Å²) in [6.07, 6.45) is 3.25. The summed E-state index contributed by atoms with van der Waals surface area (Å²) in [6.45, 7) is 0. The van der Waals surface area contributed by atoms with E-state index in [-0.39, 0.29) is 5.56 Å². The van der Waals surface area contributed by atoms with Crippen LogP contribution in [0.25, 0.3) is 16.6 Å². The van der Waals surface area contributed by atoms with Crippen LogP contribution in [0, 0.1) is 0 Å². The number of rotatable bonds is 1. The Bertz CT molecular complexity index is 766. The summed E-state index contributed by atoms with van der Waals surface area (Å²) in [5.74, 6) is 0.565. The van der Waals surface area contributed by atoms with Crippen molar-refractivity contribution in [3.8, 4) is 5.82 Å². The monoisotopic (exact) mass is 256 g/mol. The van der Waals surface area contributed by atoms with Crippen LogP contribution in [0.5, 0.6) is 0 Å². The molecule has 0 radical (unpaired) electrons. The standard InChI is InChI=1S/C14H9ClN2O/c15-12-9-17(13-7-3-4-8-16-13)14(18)11-6-2-1-5-10(11)12/h1-9H. The summed E-state index contributed by atoms with van der Waals surface area (Å²) in [5.41, 5.74) is -0.117. The second kappa shape index (κ2) is 4.27. The van der Waals surface area contributed by atoms with Crippen LogP contribution in [-0.4, -0.2) is 9.55 Å². The molecule has 3 nitrogen and oxygen atoms in total. The van der Waals surface area contributed by atoms with Gasteiger partial charge in [-0.15, -0.1) is 0 Å². The predicted octanol–water partition coefficient (Wildman–Crippen LogP) is 3.04. The van der Waals surface area contributed by atoms with Crippen LogP contribution in [0.4, 0.5) is 0 Å². The third-order valence-corrected chi connectivity index (χ3v) is 3.07. The van der Waals surface area contributed by atoms with Crippen LogP contribution in [0.2, 0.25) is 5.02 Å². The second-order valence-electron chi connectivity index (χ2n) is 3.89. The van der Waals surface area contributed by atoms with Gasteiger partial charge < -0.3 is 0 Å². The van der Waals surface area contributed by atoms with E-state index < -0.39 is 0 Å². The van der Waals surface area contributed by atoms with E-state index in [1.54, 1.807) is 30.6 Å². The highest BCUT2D eigenvalue weighted by Crippen LogP contribution is 2.20. The first kappa shape index (κ1) is 11.0. The third-order valence-electron chi connectivity index (χ3n) is 2.77. The van der Waals surface area contributed by atoms with Gasteiger partial charge in [-0.1, -0.05) is 35.9 Å². The van der Waals surface area contributed by atoms with Crippen molar-refractivity contribution in [2.24, 2.45) is 0 Å². The van der Waals surface area contributed by atoms with Gasteiger partial charge in [0.2, 0.25) is 0 Å². The Hall–Kier alpha value is -2.13. The molecule has 4 heteroatoms. The summed E-state index contributed by atoms with van der Waals surface area (Å²) < 4.78 is 1.46. The van der Waals surface area contributed by atoms with E-state index >= 15 is 0 Å². The number of aromatic nitrogens is 2. The van der Waals surface area contributed by atoms with Crippen molar-refractivity contribution < 1.29 is 0 Å². The smallest absolute Gasteiger partial charge is 0.264 e. The van der Waals surface area contributed by atoms with Gasteiger partial charge in [-0.3, -0.25) is 9.36 Å². The molecule has 1 aromatic carbocycles. The van der Waals surface area contributed by atoms with E-state index in [0.717, 1.165) is 5.39 Å². The molecule has 2 aromatic heterocycles. The van der Waals surface area contributed by atoms with Crippen molar-refractivity contribution in [1.82, 2.24) is 9.55 Å². The highest BCUT2D eigenvalue weighted by atomic mass is 35.5. The topological polar surface area (TPSA) is 34.9 Å². The molecule has 2 heterocycles. The molecule has 0 amide bonds. The molecule has 0 N–H and O–H groups in total. The molecular formula is C14H9ClN2O. The molecular weight excluding hydrogens is 248 g/mol. The molecule has 0 fully saturated rings. The molecule has 0 spiro atoms. The zero-order chi connectivity index (χ0) is 12.5. The maximum Gasteiger partial charge on any atom is 0.264 e. The van der Waals surface area contributed by atoms with Crippen molar-refractivity contribution in [2.45, 2.75) is 0 Å². The Kier molecular flexibility index (Phi) is 2.61.